The van der Waals surface area contributed by atoms with Crippen LogP contribution in [0.15, 0.2) is 24.3 Å². The Kier molecular flexibility index (Phi) is 5.62. The van der Waals surface area contributed by atoms with E-state index in [4.69, 9.17) is 14.2 Å². The minimum Gasteiger partial charge on any atom is -0.497 e. The van der Waals surface area contributed by atoms with Crippen LogP contribution in [0.1, 0.15) is 38.7 Å². The second kappa shape index (κ2) is 7.25. The highest BCUT2D eigenvalue weighted by molar-refractivity contribution is 5.26. The largest absolute Gasteiger partial charge is 0.497 e. The summed E-state index contributed by atoms with van der Waals surface area (Å²) in [4.78, 5) is 0. The molecule has 0 bridgehead atoms. The van der Waals surface area contributed by atoms with Crippen LogP contribution in [0.4, 0.5) is 0 Å². The van der Waals surface area contributed by atoms with Gasteiger partial charge in [0.2, 0.25) is 0 Å². The molecule has 21 heavy (non-hydrogen) atoms. The van der Waals surface area contributed by atoms with Gasteiger partial charge < -0.3 is 19.3 Å². The third kappa shape index (κ3) is 3.96. The fourth-order valence-electron chi connectivity index (χ4n) is 2.66. The maximum atomic E-state index is 9.55. The molecule has 1 fully saturated rings. The molecule has 1 aliphatic heterocycles. The first kappa shape index (κ1) is 16.3. The zero-order valence-electron chi connectivity index (χ0n) is 13.2. The molecule has 0 aromatic heterocycles. The molecule has 0 radical (unpaired) electrons. The Bertz CT molecular complexity index is 431. The molecule has 1 aromatic carbocycles. The van der Waals surface area contributed by atoms with E-state index < -0.39 is 0 Å². The molecule has 0 spiro atoms. The monoisotopic (exact) mass is 294 g/mol. The first-order chi connectivity index (χ1) is 10.1. The first-order valence-corrected chi connectivity index (χ1v) is 7.68. The molecule has 0 saturated carbocycles. The molecule has 1 heterocycles. The zero-order valence-corrected chi connectivity index (χ0v) is 13.2. The number of ether oxygens (including phenoxy) is 3. The van der Waals surface area contributed by atoms with Gasteiger partial charge in [-0.15, -0.1) is 0 Å². The van der Waals surface area contributed by atoms with Gasteiger partial charge in [0.25, 0.3) is 0 Å². The molecule has 0 aliphatic carbocycles. The number of hydrogen-bond donors (Lipinski definition) is 1. The summed E-state index contributed by atoms with van der Waals surface area (Å²) in [5.41, 5.74) is 0.737. The predicted octanol–water partition coefficient (Wildman–Crippen LogP) is 2.92. The standard InChI is InChI=1S/C17H26O4/c1-4-5-10-17(12-18)16(21-17)13(2)20-11-14-6-8-15(19-3)9-7-14/h6-9,13,16,18H,4-5,10-12H2,1-3H3/t13-,16+,17-/m0/s1. The fraction of sp³-hybridized carbons (Fsp3) is 0.647. The van der Waals surface area contributed by atoms with Crippen LogP contribution in [0.2, 0.25) is 0 Å². The minimum absolute atomic E-state index is 0.00676. The molecule has 0 amide bonds. The molecule has 0 unspecified atom stereocenters. The smallest absolute Gasteiger partial charge is 0.120 e. The predicted molar refractivity (Wildman–Crippen MR) is 81.5 cm³/mol. The third-order valence-corrected chi connectivity index (χ3v) is 4.14. The van der Waals surface area contributed by atoms with Gasteiger partial charge in [0.05, 0.1) is 26.4 Å². The van der Waals surface area contributed by atoms with Crippen LogP contribution in [0, 0.1) is 0 Å². The van der Waals surface area contributed by atoms with Gasteiger partial charge in [0, 0.05) is 0 Å². The van der Waals surface area contributed by atoms with Crippen molar-refractivity contribution in [3.8, 4) is 5.75 Å². The van der Waals surface area contributed by atoms with Crippen molar-refractivity contribution in [2.45, 2.75) is 57.5 Å². The van der Waals surface area contributed by atoms with Crippen molar-refractivity contribution in [1.82, 2.24) is 0 Å². The van der Waals surface area contributed by atoms with E-state index in [1.165, 1.54) is 0 Å². The molecular formula is C17H26O4. The molecule has 2 rings (SSSR count). The lowest BCUT2D eigenvalue weighted by molar-refractivity contribution is 0.0338. The van der Waals surface area contributed by atoms with E-state index in [1.54, 1.807) is 7.11 Å². The Balaban J connectivity index is 1.80. The van der Waals surface area contributed by atoms with Gasteiger partial charge in [-0.3, -0.25) is 0 Å². The van der Waals surface area contributed by atoms with E-state index in [-0.39, 0.29) is 24.4 Å². The second-order valence-corrected chi connectivity index (χ2v) is 5.73. The highest BCUT2D eigenvalue weighted by Gasteiger charge is 2.58. The molecule has 4 heteroatoms. The number of unbranched alkanes of at least 4 members (excludes halogenated alkanes) is 1. The Hall–Kier alpha value is -1.10. The van der Waals surface area contributed by atoms with Gasteiger partial charge >= 0.3 is 0 Å². The van der Waals surface area contributed by atoms with Gasteiger partial charge in [-0.05, 0) is 31.0 Å². The fourth-order valence-corrected chi connectivity index (χ4v) is 2.66. The summed E-state index contributed by atoms with van der Waals surface area (Å²) in [6.45, 7) is 4.78. The Morgan fingerprint density at radius 3 is 2.62 bits per heavy atom. The number of benzene rings is 1. The van der Waals surface area contributed by atoms with Crippen molar-refractivity contribution in [3.05, 3.63) is 29.8 Å². The molecule has 1 aromatic rings. The average molecular weight is 294 g/mol. The maximum Gasteiger partial charge on any atom is 0.120 e. The molecule has 1 saturated heterocycles. The van der Waals surface area contributed by atoms with E-state index in [2.05, 4.69) is 6.92 Å². The number of aliphatic hydroxyl groups is 1. The van der Waals surface area contributed by atoms with Crippen LogP contribution in [0.3, 0.4) is 0 Å². The quantitative estimate of drug-likeness (QED) is 0.712. The van der Waals surface area contributed by atoms with Crippen molar-refractivity contribution in [1.29, 1.82) is 0 Å². The summed E-state index contributed by atoms with van der Waals surface area (Å²) in [5, 5.41) is 9.55. The SMILES string of the molecule is CCCC[C@@]1(CO)O[C@@H]1[C@H](C)OCc1ccc(OC)cc1. The highest BCUT2D eigenvalue weighted by atomic mass is 16.6. The van der Waals surface area contributed by atoms with E-state index in [0.29, 0.717) is 6.61 Å². The molecule has 3 atom stereocenters. The molecule has 1 aliphatic rings. The molecule has 118 valence electrons. The van der Waals surface area contributed by atoms with Gasteiger partial charge in [0.1, 0.15) is 17.5 Å². The number of rotatable bonds is 9. The van der Waals surface area contributed by atoms with Crippen LogP contribution in [0.5, 0.6) is 5.75 Å². The topological polar surface area (TPSA) is 51.2 Å². The number of methoxy groups -OCH3 is 1. The maximum absolute atomic E-state index is 9.55. The van der Waals surface area contributed by atoms with E-state index in [0.717, 1.165) is 30.6 Å². The zero-order chi connectivity index (χ0) is 15.3. The molecular weight excluding hydrogens is 268 g/mol. The molecule has 1 N–H and O–H groups in total. The van der Waals surface area contributed by atoms with Crippen molar-refractivity contribution in [2.75, 3.05) is 13.7 Å². The van der Waals surface area contributed by atoms with Crippen LogP contribution >= 0.6 is 0 Å². The normalized spacial score (nSPS) is 25.6. The van der Waals surface area contributed by atoms with Crippen LogP contribution in [0.25, 0.3) is 0 Å². The Morgan fingerprint density at radius 2 is 2.05 bits per heavy atom. The Labute approximate surface area is 127 Å². The van der Waals surface area contributed by atoms with Crippen LogP contribution in [-0.4, -0.2) is 36.6 Å². The summed E-state index contributed by atoms with van der Waals surface area (Å²) in [5.74, 6) is 0.844. The van der Waals surface area contributed by atoms with Crippen molar-refractivity contribution in [2.24, 2.45) is 0 Å². The summed E-state index contributed by atoms with van der Waals surface area (Å²) in [7, 11) is 1.66. The van der Waals surface area contributed by atoms with E-state index >= 15 is 0 Å². The first-order valence-electron chi connectivity index (χ1n) is 7.68. The lowest BCUT2D eigenvalue weighted by Crippen LogP contribution is -2.28. The Morgan fingerprint density at radius 1 is 1.33 bits per heavy atom. The highest BCUT2D eigenvalue weighted by Crippen LogP contribution is 2.43. The van der Waals surface area contributed by atoms with Crippen LogP contribution < -0.4 is 4.74 Å². The van der Waals surface area contributed by atoms with E-state index in [9.17, 15) is 5.11 Å². The second-order valence-electron chi connectivity index (χ2n) is 5.73. The minimum atomic E-state index is -0.366. The van der Waals surface area contributed by atoms with Gasteiger partial charge in [-0.25, -0.2) is 0 Å². The summed E-state index contributed by atoms with van der Waals surface area (Å²) in [6.07, 6.45) is 3.07. The van der Waals surface area contributed by atoms with Gasteiger partial charge in [-0.1, -0.05) is 31.9 Å². The van der Waals surface area contributed by atoms with Crippen molar-refractivity contribution in [3.63, 3.8) is 0 Å². The van der Waals surface area contributed by atoms with Crippen molar-refractivity contribution >= 4 is 0 Å². The third-order valence-electron chi connectivity index (χ3n) is 4.14. The summed E-state index contributed by atoms with van der Waals surface area (Å²) < 4.78 is 16.8. The number of epoxide rings is 1. The van der Waals surface area contributed by atoms with Gasteiger partial charge in [0.15, 0.2) is 0 Å². The average Bonchev–Trinajstić information content (AvgIpc) is 3.26. The lowest BCUT2D eigenvalue weighted by atomic mass is 9.96. The number of hydrogen-bond acceptors (Lipinski definition) is 4. The van der Waals surface area contributed by atoms with Crippen LogP contribution in [-0.2, 0) is 16.1 Å². The van der Waals surface area contributed by atoms with Crippen molar-refractivity contribution < 1.29 is 19.3 Å². The number of aliphatic hydroxyl groups excluding tert-OH is 1. The summed E-state index contributed by atoms with van der Waals surface area (Å²) in [6, 6.07) is 7.85. The lowest BCUT2D eigenvalue weighted by Gasteiger charge is -2.14. The van der Waals surface area contributed by atoms with Gasteiger partial charge in [-0.2, -0.15) is 0 Å². The summed E-state index contributed by atoms with van der Waals surface area (Å²) >= 11 is 0. The molecule has 4 nitrogen and oxygen atoms in total. The van der Waals surface area contributed by atoms with E-state index in [1.807, 2.05) is 31.2 Å².